The maximum atomic E-state index is 12.8. The van der Waals surface area contributed by atoms with Crippen molar-refractivity contribution >= 4 is 24.0 Å². The zero-order valence-corrected chi connectivity index (χ0v) is 22.1. The number of benzene rings is 2. The molecule has 206 valence electrons. The molecule has 2 aromatic carbocycles. The molecular weight excluding hydrogens is 504 g/mol. The van der Waals surface area contributed by atoms with Crippen LogP contribution in [0, 0.1) is 0 Å². The molecule has 0 fully saturated rings. The Labute approximate surface area is 226 Å². The molecule has 0 aliphatic carbocycles. The summed E-state index contributed by atoms with van der Waals surface area (Å²) in [6.07, 6.45) is -0.100. The minimum Gasteiger partial charge on any atom is -0.459 e. The fourth-order valence-electron chi connectivity index (χ4n) is 3.33. The van der Waals surface area contributed by atoms with E-state index in [1.54, 1.807) is 20.8 Å². The Morgan fingerprint density at radius 1 is 0.872 bits per heavy atom. The van der Waals surface area contributed by atoms with E-state index in [1.807, 2.05) is 60.7 Å². The first-order valence-corrected chi connectivity index (χ1v) is 12.3. The molecule has 0 radical (unpaired) electrons. The summed E-state index contributed by atoms with van der Waals surface area (Å²) in [7, 11) is 0. The van der Waals surface area contributed by atoms with Crippen molar-refractivity contribution in [2.45, 2.75) is 58.6 Å². The normalized spacial score (nSPS) is 11.7. The van der Waals surface area contributed by atoms with Gasteiger partial charge in [-0.2, -0.15) is 4.98 Å². The highest BCUT2D eigenvalue weighted by Gasteiger charge is 2.26. The number of carbonyl (C=O) groups is 3. The Kier molecular flexibility index (Phi) is 10.2. The van der Waals surface area contributed by atoms with E-state index < -0.39 is 35.5 Å². The van der Waals surface area contributed by atoms with Crippen LogP contribution in [0.5, 0.6) is 0 Å². The van der Waals surface area contributed by atoms with Crippen LogP contribution >= 0.6 is 0 Å². The van der Waals surface area contributed by atoms with Crippen LogP contribution in [0.25, 0.3) is 0 Å². The van der Waals surface area contributed by atoms with Crippen molar-refractivity contribution in [2.24, 2.45) is 0 Å². The molecule has 0 saturated carbocycles. The van der Waals surface area contributed by atoms with Crippen LogP contribution in [-0.2, 0) is 38.8 Å². The smallest absolute Gasteiger partial charge is 0.413 e. The molecule has 0 aliphatic rings. The number of amides is 2. The van der Waals surface area contributed by atoms with E-state index in [4.69, 9.17) is 14.2 Å². The number of hydrogen-bond donors (Lipinski definition) is 2. The van der Waals surface area contributed by atoms with Gasteiger partial charge in [-0.25, -0.2) is 19.2 Å². The fraction of sp³-hybridized carbons (Fsp3) is 0.321. The van der Waals surface area contributed by atoms with Crippen molar-refractivity contribution in [3.63, 3.8) is 0 Å². The van der Waals surface area contributed by atoms with E-state index in [2.05, 4.69) is 15.6 Å². The first kappa shape index (κ1) is 28.9. The van der Waals surface area contributed by atoms with Gasteiger partial charge in [0.25, 0.3) is 0 Å². The van der Waals surface area contributed by atoms with Crippen LogP contribution in [0.4, 0.5) is 15.4 Å². The maximum Gasteiger partial charge on any atom is 0.413 e. The van der Waals surface area contributed by atoms with Gasteiger partial charge in [-0.1, -0.05) is 60.7 Å². The Hall–Kier alpha value is -4.67. The first-order chi connectivity index (χ1) is 18.6. The van der Waals surface area contributed by atoms with Crippen LogP contribution in [0.2, 0.25) is 0 Å². The summed E-state index contributed by atoms with van der Waals surface area (Å²) in [5, 5.41) is 4.93. The zero-order chi connectivity index (χ0) is 28.3. The van der Waals surface area contributed by atoms with Crippen LogP contribution < -0.4 is 16.3 Å². The lowest BCUT2D eigenvalue weighted by Gasteiger charge is -2.23. The van der Waals surface area contributed by atoms with E-state index in [0.29, 0.717) is 0 Å². The van der Waals surface area contributed by atoms with Crippen LogP contribution in [0.15, 0.2) is 77.7 Å². The standard InChI is InChI=1S/C28H32N4O7/c1-28(2,3)39-27(36)29-22(24(33)37-18-20-10-6-4-7-11-20)14-16-32-17-15-23(30-25(32)34)31-26(35)38-19-21-12-8-5-9-13-21/h4-13,15,17,22H,14,16,18-19H2,1-3H3,(H,29,36)(H,30,31,34,35)/t22-/m0/s1. The Balaban J connectivity index is 1.59. The van der Waals surface area contributed by atoms with Crippen molar-refractivity contribution in [1.29, 1.82) is 0 Å². The molecule has 2 amide bonds. The summed E-state index contributed by atoms with van der Waals surface area (Å²) >= 11 is 0. The van der Waals surface area contributed by atoms with Crippen LogP contribution in [0.1, 0.15) is 38.3 Å². The molecule has 11 nitrogen and oxygen atoms in total. The van der Waals surface area contributed by atoms with E-state index in [1.165, 1.54) is 16.8 Å². The summed E-state index contributed by atoms with van der Waals surface area (Å²) in [5.74, 6) is -0.662. The topological polar surface area (TPSA) is 138 Å². The molecule has 0 spiro atoms. The average molecular weight is 537 g/mol. The number of esters is 1. The second kappa shape index (κ2) is 13.8. The number of anilines is 1. The number of alkyl carbamates (subject to hydrolysis) is 1. The highest BCUT2D eigenvalue weighted by molar-refractivity contribution is 5.83. The number of aromatic nitrogens is 2. The van der Waals surface area contributed by atoms with Crippen molar-refractivity contribution in [2.75, 3.05) is 5.32 Å². The van der Waals surface area contributed by atoms with Gasteiger partial charge in [-0.15, -0.1) is 0 Å². The first-order valence-electron chi connectivity index (χ1n) is 12.3. The monoisotopic (exact) mass is 536 g/mol. The maximum absolute atomic E-state index is 12.8. The second-order valence-corrected chi connectivity index (χ2v) is 9.56. The van der Waals surface area contributed by atoms with E-state index in [0.717, 1.165) is 11.1 Å². The Morgan fingerprint density at radius 2 is 1.46 bits per heavy atom. The van der Waals surface area contributed by atoms with Gasteiger partial charge in [0.15, 0.2) is 0 Å². The number of nitrogens with one attached hydrogen (secondary N) is 2. The number of nitrogens with zero attached hydrogens (tertiary/aromatic N) is 2. The molecule has 1 atom stereocenters. The SMILES string of the molecule is CC(C)(C)OC(=O)N[C@@H](CCn1ccc(NC(=O)OCc2ccccc2)nc1=O)C(=O)OCc1ccccc1. The van der Waals surface area contributed by atoms with Gasteiger partial charge in [0.05, 0.1) is 0 Å². The van der Waals surface area contributed by atoms with Gasteiger partial charge in [-0.3, -0.25) is 9.88 Å². The molecular formula is C28H32N4O7. The van der Waals surface area contributed by atoms with Gasteiger partial charge in [0.2, 0.25) is 0 Å². The van der Waals surface area contributed by atoms with Gasteiger partial charge in [0.1, 0.15) is 30.7 Å². The molecule has 2 N–H and O–H groups in total. The summed E-state index contributed by atoms with van der Waals surface area (Å²) < 4.78 is 17.0. The molecule has 1 aromatic heterocycles. The summed E-state index contributed by atoms with van der Waals surface area (Å²) in [4.78, 5) is 53.6. The van der Waals surface area contributed by atoms with Crippen molar-refractivity contribution in [3.8, 4) is 0 Å². The highest BCUT2D eigenvalue weighted by atomic mass is 16.6. The number of hydrogen-bond acceptors (Lipinski definition) is 8. The highest BCUT2D eigenvalue weighted by Crippen LogP contribution is 2.10. The molecule has 0 unspecified atom stereocenters. The largest absolute Gasteiger partial charge is 0.459 e. The molecule has 0 saturated heterocycles. The lowest BCUT2D eigenvalue weighted by atomic mass is 10.2. The van der Waals surface area contributed by atoms with Crippen molar-refractivity contribution < 1.29 is 28.6 Å². The number of carbonyl (C=O) groups excluding carboxylic acids is 3. The lowest BCUT2D eigenvalue weighted by molar-refractivity contribution is -0.147. The third kappa shape index (κ3) is 10.3. The van der Waals surface area contributed by atoms with Crippen LogP contribution in [0.3, 0.4) is 0 Å². The van der Waals surface area contributed by atoms with Crippen LogP contribution in [-0.4, -0.2) is 39.3 Å². The number of rotatable bonds is 10. The summed E-state index contributed by atoms with van der Waals surface area (Å²) in [6.45, 7) is 5.23. The summed E-state index contributed by atoms with van der Waals surface area (Å²) in [5.41, 5.74) is 0.166. The van der Waals surface area contributed by atoms with Crippen molar-refractivity contribution in [1.82, 2.24) is 14.9 Å². The molecule has 0 bridgehead atoms. The number of ether oxygens (including phenoxy) is 3. The van der Waals surface area contributed by atoms with Crippen molar-refractivity contribution in [3.05, 3.63) is 94.5 Å². The van der Waals surface area contributed by atoms with E-state index >= 15 is 0 Å². The summed E-state index contributed by atoms with van der Waals surface area (Å²) in [6, 6.07) is 18.6. The predicted octanol–water partition coefficient (Wildman–Crippen LogP) is 4.02. The molecule has 11 heteroatoms. The number of aryl methyl sites for hydroxylation is 1. The minimum atomic E-state index is -1.08. The fourth-order valence-corrected chi connectivity index (χ4v) is 3.33. The Bertz CT molecular complexity index is 1300. The van der Waals surface area contributed by atoms with E-state index in [9.17, 15) is 19.2 Å². The molecule has 0 aliphatic heterocycles. The third-order valence-corrected chi connectivity index (χ3v) is 5.18. The van der Waals surface area contributed by atoms with Gasteiger partial charge < -0.3 is 19.5 Å². The average Bonchev–Trinajstić information content (AvgIpc) is 2.89. The quantitative estimate of drug-likeness (QED) is 0.293. The van der Waals surface area contributed by atoms with Gasteiger partial charge in [-0.05, 0) is 44.4 Å². The predicted molar refractivity (Wildman–Crippen MR) is 143 cm³/mol. The van der Waals surface area contributed by atoms with Gasteiger partial charge >= 0.3 is 23.8 Å². The molecule has 3 rings (SSSR count). The molecule has 3 aromatic rings. The molecule has 39 heavy (non-hydrogen) atoms. The Morgan fingerprint density at radius 3 is 2.03 bits per heavy atom. The van der Waals surface area contributed by atoms with Gasteiger partial charge in [0, 0.05) is 12.7 Å². The lowest BCUT2D eigenvalue weighted by Crippen LogP contribution is -2.45. The third-order valence-electron chi connectivity index (χ3n) is 5.18. The zero-order valence-electron chi connectivity index (χ0n) is 22.1. The second-order valence-electron chi connectivity index (χ2n) is 9.56. The molecule has 1 heterocycles. The van der Waals surface area contributed by atoms with E-state index in [-0.39, 0.29) is 32.0 Å². The minimum absolute atomic E-state index is 0.0139.